The zero-order valence-corrected chi connectivity index (χ0v) is 12.5. The van der Waals surface area contributed by atoms with Crippen molar-refractivity contribution >= 4 is 29.3 Å². The molecule has 3 rings (SSSR count). The maximum Gasteiger partial charge on any atom is 0.248 e. The molecule has 2 aromatic carbocycles. The molecular weight excluding hydrogens is 302 g/mol. The maximum absolute atomic E-state index is 11.9. The fourth-order valence-electron chi connectivity index (χ4n) is 2.05. The summed E-state index contributed by atoms with van der Waals surface area (Å²) in [5, 5.41) is 3.39. The highest BCUT2D eigenvalue weighted by Crippen LogP contribution is 2.31. The summed E-state index contributed by atoms with van der Waals surface area (Å²) in [7, 11) is 0. The summed E-state index contributed by atoms with van der Waals surface area (Å²) < 4.78 is 11.0. The van der Waals surface area contributed by atoms with Gasteiger partial charge in [-0.2, -0.15) is 0 Å². The summed E-state index contributed by atoms with van der Waals surface area (Å²) in [6.07, 6.45) is 3.20. The molecule has 22 heavy (non-hydrogen) atoms. The third kappa shape index (κ3) is 3.59. The third-order valence-electron chi connectivity index (χ3n) is 3.11. The van der Waals surface area contributed by atoms with Crippen LogP contribution >= 0.6 is 11.6 Å². The van der Waals surface area contributed by atoms with Crippen LogP contribution in [0, 0.1) is 0 Å². The van der Waals surface area contributed by atoms with Crippen LogP contribution in [-0.4, -0.2) is 19.1 Å². The van der Waals surface area contributed by atoms with E-state index in [9.17, 15) is 4.79 Å². The molecule has 1 amide bonds. The second kappa shape index (κ2) is 6.54. The highest BCUT2D eigenvalue weighted by Gasteiger charge is 2.10. The van der Waals surface area contributed by atoms with Crippen molar-refractivity contribution in [3.63, 3.8) is 0 Å². The molecule has 0 fully saturated rings. The van der Waals surface area contributed by atoms with E-state index in [0.29, 0.717) is 29.7 Å². The van der Waals surface area contributed by atoms with Crippen LogP contribution in [0.25, 0.3) is 6.08 Å². The second-order valence-corrected chi connectivity index (χ2v) is 5.17. The van der Waals surface area contributed by atoms with E-state index in [1.54, 1.807) is 30.3 Å². The molecule has 5 heteroatoms. The van der Waals surface area contributed by atoms with Crippen LogP contribution in [0.4, 0.5) is 5.69 Å². The van der Waals surface area contributed by atoms with E-state index in [1.807, 2.05) is 18.2 Å². The molecule has 1 N–H and O–H groups in total. The summed E-state index contributed by atoms with van der Waals surface area (Å²) >= 11 is 5.80. The van der Waals surface area contributed by atoms with Gasteiger partial charge in [0.05, 0.1) is 0 Å². The first kappa shape index (κ1) is 14.5. The molecule has 1 aliphatic heterocycles. The van der Waals surface area contributed by atoms with E-state index in [0.717, 1.165) is 11.3 Å². The fraction of sp³-hybridized carbons (Fsp3) is 0.118. The molecule has 0 saturated carbocycles. The number of carbonyl (C=O) groups excluding carboxylic acids is 1. The third-order valence-corrected chi connectivity index (χ3v) is 3.36. The lowest BCUT2D eigenvalue weighted by molar-refractivity contribution is -0.111. The van der Waals surface area contributed by atoms with Gasteiger partial charge in [0.1, 0.15) is 13.2 Å². The molecule has 0 aromatic heterocycles. The van der Waals surface area contributed by atoms with Crippen molar-refractivity contribution in [2.75, 3.05) is 18.5 Å². The summed E-state index contributed by atoms with van der Waals surface area (Å²) in [5.41, 5.74) is 1.57. The summed E-state index contributed by atoms with van der Waals surface area (Å²) in [6, 6.07) is 12.5. The molecule has 0 radical (unpaired) electrons. The Balaban J connectivity index is 1.65. The number of carbonyl (C=O) groups is 1. The number of nitrogens with one attached hydrogen (secondary N) is 1. The Hall–Kier alpha value is -2.46. The Kier molecular flexibility index (Phi) is 4.30. The lowest BCUT2D eigenvalue weighted by Crippen LogP contribution is -2.15. The largest absolute Gasteiger partial charge is 0.486 e. The highest BCUT2D eigenvalue weighted by molar-refractivity contribution is 6.30. The molecular formula is C17H14ClNO3. The van der Waals surface area contributed by atoms with Crippen molar-refractivity contribution in [3.8, 4) is 11.5 Å². The fourth-order valence-corrected chi connectivity index (χ4v) is 2.18. The topological polar surface area (TPSA) is 47.6 Å². The number of halogens is 1. The molecule has 2 aromatic rings. The first-order chi connectivity index (χ1) is 10.7. The van der Waals surface area contributed by atoms with Gasteiger partial charge in [0, 0.05) is 16.8 Å². The van der Waals surface area contributed by atoms with Gasteiger partial charge >= 0.3 is 0 Å². The summed E-state index contributed by atoms with van der Waals surface area (Å²) in [6.45, 7) is 1.10. The average Bonchev–Trinajstić information content (AvgIpc) is 2.55. The van der Waals surface area contributed by atoms with Crippen molar-refractivity contribution in [1.29, 1.82) is 0 Å². The molecule has 0 saturated heterocycles. The molecule has 0 unspecified atom stereocenters. The zero-order valence-electron chi connectivity index (χ0n) is 11.7. The van der Waals surface area contributed by atoms with Gasteiger partial charge in [-0.3, -0.25) is 4.79 Å². The Labute approximate surface area is 133 Å². The van der Waals surface area contributed by atoms with Crippen molar-refractivity contribution in [2.24, 2.45) is 0 Å². The van der Waals surface area contributed by atoms with Gasteiger partial charge < -0.3 is 14.8 Å². The highest BCUT2D eigenvalue weighted by atomic mass is 35.5. The zero-order chi connectivity index (χ0) is 15.4. The lowest BCUT2D eigenvalue weighted by Gasteiger charge is -2.18. The molecule has 1 heterocycles. The molecule has 0 aliphatic carbocycles. The maximum atomic E-state index is 11.9. The van der Waals surface area contributed by atoms with Gasteiger partial charge in [-0.15, -0.1) is 0 Å². The standard InChI is InChI=1S/C17H14ClNO3/c18-13-3-5-14(6-4-13)19-17(20)8-2-12-1-7-15-16(11-12)22-10-9-21-15/h1-8,11H,9-10H2,(H,19,20)/b8-2+. The van der Waals surface area contributed by atoms with Crippen LogP contribution in [0.3, 0.4) is 0 Å². The van der Waals surface area contributed by atoms with Crippen LogP contribution in [0.2, 0.25) is 5.02 Å². The first-order valence-electron chi connectivity index (χ1n) is 6.85. The number of rotatable bonds is 3. The Bertz CT molecular complexity index is 710. The van der Waals surface area contributed by atoms with Crippen LogP contribution in [0.1, 0.15) is 5.56 Å². The average molecular weight is 316 g/mol. The van der Waals surface area contributed by atoms with E-state index < -0.39 is 0 Å². The number of ether oxygens (including phenoxy) is 2. The van der Waals surface area contributed by atoms with Gasteiger partial charge in [0.15, 0.2) is 11.5 Å². The molecule has 4 nitrogen and oxygen atoms in total. The molecule has 0 bridgehead atoms. The normalized spacial score (nSPS) is 13.1. The van der Waals surface area contributed by atoms with Crippen molar-refractivity contribution in [2.45, 2.75) is 0 Å². The number of anilines is 1. The van der Waals surface area contributed by atoms with E-state index in [-0.39, 0.29) is 5.91 Å². The summed E-state index contributed by atoms with van der Waals surface area (Å²) in [4.78, 5) is 11.9. The number of benzene rings is 2. The van der Waals surface area contributed by atoms with Crippen LogP contribution in [0.15, 0.2) is 48.5 Å². The van der Waals surface area contributed by atoms with E-state index >= 15 is 0 Å². The SMILES string of the molecule is O=C(/C=C/c1ccc2c(c1)OCCO2)Nc1ccc(Cl)cc1. The van der Waals surface area contributed by atoms with Crippen molar-refractivity contribution in [3.05, 3.63) is 59.1 Å². The Morgan fingerprint density at radius 1 is 1.05 bits per heavy atom. The molecule has 0 spiro atoms. The monoisotopic (exact) mass is 315 g/mol. The Morgan fingerprint density at radius 2 is 1.77 bits per heavy atom. The van der Waals surface area contributed by atoms with Crippen molar-refractivity contribution in [1.82, 2.24) is 0 Å². The van der Waals surface area contributed by atoms with E-state index in [2.05, 4.69) is 5.32 Å². The van der Waals surface area contributed by atoms with Gasteiger partial charge in [0.25, 0.3) is 0 Å². The van der Waals surface area contributed by atoms with Gasteiger partial charge in [-0.25, -0.2) is 0 Å². The van der Waals surface area contributed by atoms with Crippen LogP contribution < -0.4 is 14.8 Å². The quantitative estimate of drug-likeness (QED) is 0.877. The smallest absolute Gasteiger partial charge is 0.248 e. The number of fused-ring (bicyclic) bond motifs is 1. The van der Waals surface area contributed by atoms with Crippen molar-refractivity contribution < 1.29 is 14.3 Å². The van der Waals surface area contributed by atoms with Crippen LogP contribution in [-0.2, 0) is 4.79 Å². The molecule has 0 atom stereocenters. The van der Waals surface area contributed by atoms with Gasteiger partial charge in [0.2, 0.25) is 5.91 Å². The van der Waals surface area contributed by atoms with E-state index in [1.165, 1.54) is 6.08 Å². The predicted molar refractivity (Wildman–Crippen MR) is 86.5 cm³/mol. The minimum absolute atomic E-state index is 0.211. The van der Waals surface area contributed by atoms with Gasteiger partial charge in [-0.05, 0) is 48.0 Å². The Morgan fingerprint density at radius 3 is 2.55 bits per heavy atom. The van der Waals surface area contributed by atoms with E-state index in [4.69, 9.17) is 21.1 Å². The minimum Gasteiger partial charge on any atom is -0.486 e. The first-order valence-corrected chi connectivity index (χ1v) is 7.23. The molecule has 112 valence electrons. The summed E-state index contributed by atoms with van der Waals surface area (Å²) in [5.74, 6) is 1.22. The number of amides is 1. The minimum atomic E-state index is -0.211. The second-order valence-electron chi connectivity index (χ2n) is 4.73. The lowest BCUT2D eigenvalue weighted by atomic mass is 10.2. The number of hydrogen-bond acceptors (Lipinski definition) is 3. The molecule has 1 aliphatic rings. The van der Waals surface area contributed by atoms with Gasteiger partial charge in [-0.1, -0.05) is 17.7 Å². The van der Waals surface area contributed by atoms with Crippen LogP contribution in [0.5, 0.6) is 11.5 Å². The number of hydrogen-bond donors (Lipinski definition) is 1. The predicted octanol–water partition coefficient (Wildman–Crippen LogP) is 3.76.